The van der Waals surface area contributed by atoms with Crippen molar-refractivity contribution < 1.29 is 9.53 Å². The SMILES string of the molecule is CCOc1ccc(C(=O)Nc2n[nH]c(-c3ccncc3)c2CC)cn1. The summed E-state index contributed by atoms with van der Waals surface area (Å²) in [6.45, 7) is 4.43. The van der Waals surface area contributed by atoms with E-state index in [9.17, 15) is 4.79 Å². The van der Waals surface area contributed by atoms with E-state index in [1.54, 1.807) is 24.5 Å². The molecule has 0 radical (unpaired) electrons. The molecular formula is C18H19N5O2. The molecule has 0 atom stereocenters. The van der Waals surface area contributed by atoms with Crippen LogP contribution in [0.5, 0.6) is 5.88 Å². The van der Waals surface area contributed by atoms with Gasteiger partial charge in [-0.15, -0.1) is 0 Å². The maximum Gasteiger partial charge on any atom is 0.258 e. The van der Waals surface area contributed by atoms with E-state index in [4.69, 9.17) is 4.74 Å². The molecule has 3 rings (SSSR count). The number of aromatic amines is 1. The minimum Gasteiger partial charge on any atom is -0.478 e. The number of carbonyl (C=O) groups is 1. The van der Waals surface area contributed by atoms with Crippen LogP contribution in [0.3, 0.4) is 0 Å². The molecule has 3 aromatic rings. The summed E-state index contributed by atoms with van der Waals surface area (Å²) < 4.78 is 5.28. The van der Waals surface area contributed by atoms with Crippen molar-refractivity contribution in [1.82, 2.24) is 20.2 Å². The first kappa shape index (κ1) is 16.6. The van der Waals surface area contributed by atoms with Crippen LogP contribution in [0.4, 0.5) is 5.82 Å². The zero-order valence-corrected chi connectivity index (χ0v) is 14.1. The number of nitrogens with zero attached hydrogens (tertiary/aromatic N) is 3. The molecule has 1 amide bonds. The molecule has 3 heterocycles. The minimum atomic E-state index is -0.266. The number of amides is 1. The van der Waals surface area contributed by atoms with E-state index in [1.165, 1.54) is 6.20 Å². The quantitative estimate of drug-likeness (QED) is 0.721. The molecule has 2 N–H and O–H groups in total. The standard InChI is InChI=1S/C18H19N5O2/c1-3-14-16(12-7-9-19-10-8-12)22-23-17(14)21-18(24)13-5-6-15(20-11-13)25-4-2/h5-11H,3-4H2,1-2H3,(H2,21,22,23,24). The Morgan fingerprint density at radius 2 is 2.00 bits per heavy atom. The molecule has 0 unspecified atom stereocenters. The van der Waals surface area contributed by atoms with E-state index < -0.39 is 0 Å². The molecular weight excluding hydrogens is 318 g/mol. The van der Waals surface area contributed by atoms with E-state index in [0.29, 0.717) is 23.9 Å². The van der Waals surface area contributed by atoms with Gasteiger partial charge in [0.15, 0.2) is 5.82 Å². The van der Waals surface area contributed by atoms with Crippen molar-refractivity contribution in [3.05, 3.63) is 54.0 Å². The van der Waals surface area contributed by atoms with Gasteiger partial charge in [0.2, 0.25) is 5.88 Å². The van der Waals surface area contributed by atoms with Gasteiger partial charge in [0, 0.05) is 35.8 Å². The highest BCUT2D eigenvalue weighted by atomic mass is 16.5. The van der Waals surface area contributed by atoms with Gasteiger partial charge >= 0.3 is 0 Å². The van der Waals surface area contributed by atoms with Crippen LogP contribution in [0.1, 0.15) is 29.8 Å². The molecule has 7 nitrogen and oxygen atoms in total. The maximum atomic E-state index is 12.4. The lowest BCUT2D eigenvalue weighted by Crippen LogP contribution is -2.13. The molecule has 0 aliphatic heterocycles. The lowest BCUT2D eigenvalue weighted by Gasteiger charge is -2.06. The lowest BCUT2D eigenvalue weighted by molar-refractivity contribution is 0.102. The van der Waals surface area contributed by atoms with Crippen LogP contribution in [0.25, 0.3) is 11.3 Å². The fourth-order valence-electron chi connectivity index (χ4n) is 2.50. The molecule has 0 aromatic carbocycles. The fraction of sp³-hybridized carbons (Fsp3) is 0.222. The van der Waals surface area contributed by atoms with Crippen molar-refractivity contribution in [3.8, 4) is 17.1 Å². The summed E-state index contributed by atoms with van der Waals surface area (Å²) in [4.78, 5) is 20.6. The molecule has 0 saturated heterocycles. The predicted molar refractivity (Wildman–Crippen MR) is 94.6 cm³/mol. The number of aromatic nitrogens is 4. The number of rotatable bonds is 6. The third-order valence-electron chi connectivity index (χ3n) is 3.71. The third kappa shape index (κ3) is 3.65. The number of ether oxygens (including phenoxy) is 1. The average molecular weight is 337 g/mol. The summed E-state index contributed by atoms with van der Waals surface area (Å²) >= 11 is 0. The second-order valence-corrected chi connectivity index (χ2v) is 5.29. The Kier molecular flexibility index (Phi) is 5.03. The molecule has 0 spiro atoms. The highest BCUT2D eigenvalue weighted by Crippen LogP contribution is 2.27. The number of H-pyrrole nitrogens is 1. The highest BCUT2D eigenvalue weighted by molar-refractivity contribution is 6.04. The molecule has 25 heavy (non-hydrogen) atoms. The van der Waals surface area contributed by atoms with Crippen molar-refractivity contribution in [1.29, 1.82) is 0 Å². The first-order valence-corrected chi connectivity index (χ1v) is 8.10. The average Bonchev–Trinajstić information content (AvgIpc) is 3.06. The first-order valence-electron chi connectivity index (χ1n) is 8.10. The van der Waals surface area contributed by atoms with Crippen LogP contribution in [0.15, 0.2) is 42.9 Å². The van der Waals surface area contributed by atoms with E-state index >= 15 is 0 Å². The van der Waals surface area contributed by atoms with Gasteiger partial charge in [0.1, 0.15) is 0 Å². The molecule has 0 aliphatic carbocycles. The summed E-state index contributed by atoms with van der Waals surface area (Å²) in [5, 5.41) is 10.1. The van der Waals surface area contributed by atoms with Gasteiger partial charge in [-0.2, -0.15) is 5.10 Å². The van der Waals surface area contributed by atoms with Gasteiger partial charge < -0.3 is 10.1 Å². The van der Waals surface area contributed by atoms with E-state index in [0.717, 1.165) is 23.2 Å². The number of nitrogens with one attached hydrogen (secondary N) is 2. The fourth-order valence-corrected chi connectivity index (χ4v) is 2.50. The topological polar surface area (TPSA) is 92.8 Å². The second-order valence-electron chi connectivity index (χ2n) is 5.29. The summed E-state index contributed by atoms with van der Waals surface area (Å²) in [6, 6.07) is 7.14. The highest BCUT2D eigenvalue weighted by Gasteiger charge is 2.16. The number of anilines is 1. The van der Waals surface area contributed by atoms with Crippen molar-refractivity contribution >= 4 is 11.7 Å². The van der Waals surface area contributed by atoms with Gasteiger partial charge in [0.05, 0.1) is 17.9 Å². The number of hydrogen-bond acceptors (Lipinski definition) is 5. The number of hydrogen-bond donors (Lipinski definition) is 2. The van der Waals surface area contributed by atoms with Gasteiger partial charge in [-0.05, 0) is 31.5 Å². The second kappa shape index (κ2) is 7.57. The smallest absolute Gasteiger partial charge is 0.258 e. The Balaban J connectivity index is 1.81. The Morgan fingerprint density at radius 1 is 1.20 bits per heavy atom. The lowest BCUT2D eigenvalue weighted by atomic mass is 10.1. The van der Waals surface area contributed by atoms with Crippen LogP contribution in [0, 0.1) is 0 Å². The summed E-state index contributed by atoms with van der Waals surface area (Å²) in [5.41, 5.74) is 3.24. The van der Waals surface area contributed by atoms with Crippen LogP contribution in [-0.4, -0.2) is 32.7 Å². The van der Waals surface area contributed by atoms with Gasteiger partial charge in [-0.3, -0.25) is 14.9 Å². The van der Waals surface area contributed by atoms with E-state index in [1.807, 2.05) is 26.0 Å². The number of carbonyl (C=O) groups excluding carboxylic acids is 1. The third-order valence-corrected chi connectivity index (χ3v) is 3.71. The summed E-state index contributed by atoms with van der Waals surface area (Å²) in [7, 11) is 0. The van der Waals surface area contributed by atoms with Crippen molar-refractivity contribution in [2.75, 3.05) is 11.9 Å². The summed E-state index contributed by atoms with van der Waals surface area (Å²) in [6.07, 6.45) is 5.66. The summed E-state index contributed by atoms with van der Waals surface area (Å²) in [5.74, 6) is 0.749. The van der Waals surface area contributed by atoms with Crippen LogP contribution >= 0.6 is 0 Å². The monoisotopic (exact) mass is 337 g/mol. The Labute approximate surface area is 145 Å². The molecule has 0 bridgehead atoms. The van der Waals surface area contributed by atoms with Crippen LogP contribution < -0.4 is 10.1 Å². The largest absolute Gasteiger partial charge is 0.478 e. The maximum absolute atomic E-state index is 12.4. The molecule has 0 fully saturated rings. The normalized spacial score (nSPS) is 10.5. The van der Waals surface area contributed by atoms with Crippen LogP contribution in [-0.2, 0) is 6.42 Å². The Bertz CT molecular complexity index is 844. The Morgan fingerprint density at radius 3 is 2.64 bits per heavy atom. The van der Waals surface area contributed by atoms with Crippen molar-refractivity contribution in [3.63, 3.8) is 0 Å². The molecule has 128 valence electrons. The van der Waals surface area contributed by atoms with Crippen molar-refractivity contribution in [2.45, 2.75) is 20.3 Å². The first-order chi connectivity index (χ1) is 12.2. The van der Waals surface area contributed by atoms with Gasteiger partial charge in [-0.25, -0.2) is 4.98 Å². The van der Waals surface area contributed by atoms with E-state index in [2.05, 4.69) is 25.5 Å². The zero-order chi connectivity index (χ0) is 17.6. The molecule has 0 aliphatic rings. The van der Waals surface area contributed by atoms with E-state index in [-0.39, 0.29) is 5.91 Å². The minimum absolute atomic E-state index is 0.266. The predicted octanol–water partition coefficient (Wildman–Crippen LogP) is 3.08. The van der Waals surface area contributed by atoms with Gasteiger partial charge in [-0.1, -0.05) is 6.92 Å². The molecule has 3 aromatic heterocycles. The van der Waals surface area contributed by atoms with Gasteiger partial charge in [0.25, 0.3) is 5.91 Å². The van der Waals surface area contributed by atoms with Crippen molar-refractivity contribution in [2.24, 2.45) is 0 Å². The van der Waals surface area contributed by atoms with Crippen LogP contribution in [0.2, 0.25) is 0 Å². The molecule has 0 saturated carbocycles. The zero-order valence-electron chi connectivity index (χ0n) is 14.1. The Hall–Kier alpha value is -3.22. The molecule has 7 heteroatoms. The number of pyridine rings is 2.